The average Bonchev–Trinajstić information content (AvgIpc) is 3.18. The Hall–Kier alpha value is -3.31. The van der Waals surface area contributed by atoms with Gasteiger partial charge in [-0.3, -0.25) is 4.79 Å². The molecule has 5 rings (SSSR count). The molecule has 0 bridgehead atoms. The zero-order valence-electron chi connectivity index (χ0n) is 18.0. The first kappa shape index (κ1) is 19.6. The maximum atomic E-state index is 12.8. The molecule has 0 unspecified atom stereocenters. The van der Waals surface area contributed by atoms with Crippen LogP contribution in [0, 0.1) is 6.92 Å². The minimum absolute atomic E-state index is 0.0395. The van der Waals surface area contributed by atoms with E-state index in [2.05, 4.69) is 59.4 Å². The Morgan fingerprint density at radius 1 is 1.03 bits per heavy atom. The van der Waals surface area contributed by atoms with Gasteiger partial charge in [0.25, 0.3) is 0 Å². The summed E-state index contributed by atoms with van der Waals surface area (Å²) in [5.74, 6) is -0.0395. The van der Waals surface area contributed by atoms with E-state index in [0.29, 0.717) is 0 Å². The lowest BCUT2D eigenvalue weighted by Crippen LogP contribution is -2.44. The van der Waals surface area contributed by atoms with Crippen molar-refractivity contribution >= 4 is 39.0 Å². The molecule has 1 fully saturated rings. The number of aryl methyl sites for hydroxylation is 1. The molecule has 1 amide bonds. The first-order valence-corrected chi connectivity index (χ1v) is 10.8. The summed E-state index contributed by atoms with van der Waals surface area (Å²) in [6.45, 7) is 6.32. The average molecular weight is 414 g/mol. The summed E-state index contributed by atoms with van der Waals surface area (Å²) in [4.78, 5) is 17.6. The van der Waals surface area contributed by atoms with Crippen LogP contribution >= 0.6 is 0 Å². The van der Waals surface area contributed by atoms with E-state index in [4.69, 9.17) is 4.42 Å². The van der Waals surface area contributed by atoms with Gasteiger partial charge >= 0.3 is 0 Å². The molecule has 31 heavy (non-hydrogen) atoms. The summed E-state index contributed by atoms with van der Waals surface area (Å²) in [6, 6.07) is 18.4. The predicted octanol–water partition coefficient (Wildman–Crippen LogP) is 4.83. The predicted molar refractivity (Wildman–Crippen MR) is 127 cm³/mol. The van der Waals surface area contributed by atoms with Crippen molar-refractivity contribution in [3.63, 3.8) is 0 Å². The highest BCUT2D eigenvalue weighted by Crippen LogP contribution is 2.30. The second kappa shape index (κ2) is 8.08. The number of nitrogens with zero attached hydrogens (tertiary/aromatic N) is 2. The van der Waals surface area contributed by atoms with Crippen LogP contribution < -0.4 is 10.2 Å². The van der Waals surface area contributed by atoms with Gasteiger partial charge in [0.15, 0.2) is 0 Å². The number of carbonyl (C=O) groups excluding carboxylic acids is 1. The van der Waals surface area contributed by atoms with Crippen molar-refractivity contribution in [2.45, 2.75) is 13.3 Å². The molecule has 0 saturated carbocycles. The van der Waals surface area contributed by atoms with Crippen molar-refractivity contribution in [1.29, 1.82) is 0 Å². The molecule has 4 aromatic rings. The van der Waals surface area contributed by atoms with Crippen molar-refractivity contribution in [2.24, 2.45) is 0 Å². The van der Waals surface area contributed by atoms with Crippen LogP contribution in [-0.2, 0) is 11.2 Å². The Bertz CT molecular complexity index is 1250. The smallest absolute Gasteiger partial charge is 0.228 e. The molecule has 0 radical (unpaired) electrons. The molecule has 5 nitrogen and oxygen atoms in total. The standard InChI is InChI=1S/C26H27N3O2/c1-18-15-21(8-9-23(18)29-13-11-28(2)12-14-29)27-25(30)16-20-17-31-24-10-7-19-5-3-4-6-22(19)26(20)24/h3-10,15,17H,11-14,16H2,1-2H3,(H,27,30). The third kappa shape index (κ3) is 3.89. The molecule has 1 aromatic heterocycles. The van der Waals surface area contributed by atoms with Gasteiger partial charge in [-0.05, 0) is 54.6 Å². The number of carbonyl (C=O) groups is 1. The zero-order chi connectivity index (χ0) is 21.4. The van der Waals surface area contributed by atoms with Crippen LogP contribution in [0.25, 0.3) is 21.7 Å². The van der Waals surface area contributed by atoms with E-state index in [1.165, 1.54) is 11.3 Å². The van der Waals surface area contributed by atoms with Gasteiger partial charge in [-0.25, -0.2) is 0 Å². The van der Waals surface area contributed by atoms with Gasteiger partial charge < -0.3 is 19.5 Å². The summed E-state index contributed by atoms with van der Waals surface area (Å²) in [5, 5.41) is 6.35. The van der Waals surface area contributed by atoms with Gasteiger partial charge in [0.2, 0.25) is 5.91 Å². The number of fused-ring (bicyclic) bond motifs is 3. The number of hydrogen-bond acceptors (Lipinski definition) is 4. The van der Waals surface area contributed by atoms with E-state index >= 15 is 0 Å². The van der Waals surface area contributed by atoms with Crippen LogP contribution in [0.15, 0.2) is 65.3 Å². The van der Waals surface area contributed by atoms with Gasteiger partial charge in [-0.2, -0.15) is 0 Å². The summed E-state index contributed by atoms with van der Waals surface area (Å²) >= 11 is 0. The minimum atomic E-state index is -0.0395. The Kier molecular flexibility index (Phi) is 5.12. The molecule has 1 saturated heterocycles. The third-order valence-corrected chi connectivity index (χ3v) is 6.22. The van der Waals surface area contributed by atoms with Gasteiger partial charge in [0.05, 0.1) is 12.7 Å². The number of rotatable bonds is 4. The molecule has 0 spiro atoms. The summed E-state index contributed by atoms with van der Waals surface area (Å²) in [6.07, 6.45) is 1.98. The highest BCUT2D eigenvalue weighted by Gasteiger charge is 2.17. The normalized spacial score (nSPS) is 15.0. The van der Waals surface area contributed by atoms with Crippen molar-refractivity contribution in [3.05, 3.63) is 72.0 Å². The molecule has 158 valence electrons. The van der Waals surface area contributed by atoms with Crippen LogP contribution in [0.2, 0.25) is 0 Å². The monoisotopic (exact) mass is 413 g/mol. The van der Waals surface area contributed by atoms with E-state index in [9.17, 15) is 4.79 Å². The largest absolute Gasteiger partial charge is 0.464 e. The van der Waals surface area contributed by atoms with Crippen LogP contribution in [0.5, 0.6) is 0 Å². The minimum Gasteiger partial charge on any atom is -0.464 e. The fourth-order valence-corrected chi connectivity index (χ4v) is 4.52. The van der Waals surface area contributed by atoms with Crippen molar-refractivity contribution in [2.75, 3.05) is 43.4 Å². The van der Waals surface area contributed by atoms with Crippen molar-refractivity contribution in [1.82, 2.24) is 4.90 Å². The lowest BCUT2D eigenvalue weighted by atomic mass is 10.0. The SMILES string of the molecule is Cc1cc(NC(=O)Cc2coc3ccc4ccccc4c23)ccc1N1CCN(C)CC1. The fraction of sp³-hybridized carbons (Fsp3) is 0.269. The topological polar surface area (TPSA) is 48.7 Å². The number of anilines is 2. The van der Waals surface area contributed by atoms with E-state index < -0.39 is 0 Å². The van der Waals surface area contributed by atoms with E-state index in [1.807, 2.05) is 24.3 Å². The maximum absolute atomic E-state index is 12.8. The molecule has 0 aliphatic carbocycles. The number of furan rings is 1. The second-order valence-electron chi connectivity index (χ2n) is 8.44. The van der Waals surface area contributed by atoms with Crippen LogP contribution in [0.3, 0.4) is 0 Å². The highest BCUT2D eigenvalue weighted by molar-refractivity contribution is 6.09. The van der Waals surface area contributed by atoms with E-state index in [0.717, 1.165) is 59.2 Å². The molecule has 5 heteroatoms. The number of hydrogen-bond donors (Lipinski definition) is 1. The molecule has 0 atom stereocenters. The summed E-state index contributed by atoms with van der Waals surface area (Å²) in [7, 11) is 2.16. The van der Waals surface area contributed by atoms with E-state index in [1.54, 1.807) is 6.26 Å². The van der Waals surface area contributed by atoms with Crippen molar-refractivity contribution in [3.8, 4) is 0 Å². The number of piperazine rings is 1. The first-order valence-electron chi connectivity index (χ1n) is 10.8. The highest BCUT2D eigenvalue weighted by atomic mass is 16.3. The quantitative estimate of drug-likeness (QED) is 0.521. The fourth-order valence-electron chi connectivity index (χ4n) is 4.52. The molecular weight excluding hydrogens is 386 g/mol. The molecule has 1 aliphatic rings. The van der Waals surface area contributed by atoms with Crippen molar-refractivity contribution < 1.29 is 9.21 Å². The Labute approximate surface area is 182 Å². The molecule has 3 aromatic carbocycles. The Morgan fingerprint density at radius 3 is 2.65 bits per heavy atom. The number of likely N-dealkylation sites (N-methyl/N-ethyl adjacent to an activating group) is 1. The van der Waals surface area contributed by atoms with Crippen LogP contribution in [0.1, 0.15) is 11.1 Å². The second-order valence-corrected chi connectivity index (χ2v) is 8.44. The number of benzene rings is 3. The summed E-state index contributed by atoms with van der Waals surface area (Å²) in [5.41, 5.74) is 4.99. The molecular formula is C26H27N3O2. The number of nitrogens with one attached hydrogen (secondary N) is 1. The molecule has 2 heterocycles. The molecule has 1 aliphatic heterocycles. The Morgan fingerprint density at radius 2 is 1.84 bits per heavy atom. The number of amides is 1. The van der Waals surface area contributed by atoms with Gasteiger partial charge in [0.1, 0.15) is 5.58 Å². The van der Waals surface area contributed by atoms with Crippen LogP contribution in [-0.4, -0.2) is 44.0 Å². The van der Waals surface area contributed by atoms with Gasteiger partial charge in [-0.15, -0.1) is 0 Å². The zero-order valence-corrected chi connectivity index (χ0v) is 18.0. The van der Waals surface area contributed by atoms with E-state index in [-0.39, 0.29) is 12.3 Å². The van der Waals surface area contributed by atoms with Crippen LogP contribution in [0.4, 0.5) is 11.4 Å². The Balaban J connectivity index is 1.33. The maximum Gasteiger partial charge on any atom is 0.228 e. The summed E-state index contributed by atoms with van der Waals surface area (Å²) < 4.78 is 5.73. The third-order valence-electron chi connectivity index (χ3n) is 6.22. The van der Waals surface area contributed by atoms with Gasteiger partial charge in [0, 0.05) is 48.5 Å². The first-order chi connectivity index (χ1) is 15.1. The van der Waals surface area contributed by atoms with Gasteiger partial charge in [-0.1, -0.05) is 30.3 Å². The lowest BCUT2D eigenvalue weighted by Gasteiger charge is -2.35. The lowest BCUT2D eigenvalue weighted by molar-refractivity contribution is -0.115. The molecule has 1 N–H and O–H groups in total.